The quantitative estimate of drug-likeness (QED) is 0.437. The monoisotopic (exact) mass is 449 g/mol. The summed E-state index contributed by atoms with van der Waals surface area (Å²) in [6.45, 7) is 2.69. The van der Waals surface area contributed by atoms with Gasteiger partial charge in [0.15, 0.2) is 5.11 Å². The fourth-order valence-corrected chi connectivity index (χ4v) is 3.38. The number of hydrogen-bond acceptors (Lipinski definition) is 6. The number of rotatable bonds is 3. The Bertz CT molecular complexity index is 869. The third-order valence-electron chi connectivity index (χ3n) is 4.18. The third-order valence-corrected chi connectivity index (χ3v) is 4.97. The Hall–Kier alpha value is -2.59. The number of thiocarbonyl (C=S) groups is 1. The summed E-state index contributed by atoms with van der Waals surface area (Å²) in [6, 6.07) is 8.16. The lowest BCUT2D eigenvalue weighted by Gasteiger charge is -2.37. The Morgan fingerprint density at radius 2 is 1.85 bits per heavy atom. The van der Waals surface area contributed by atoms with E-state index in [1.807, 2.05) is 4.90 Å². The van der Waals surface area contributed by atoms with Crippen molar-refractivity contribution in [2.75, 3.05) is 31.1 Å². The Labute approximate surface area is 169 Å². The number of aromatic nitrogens is 1. The van der Waals surface area contributed by atoms with E-state index in [-0.39, 0.29) is 11.6 Å². The van der Waals surface area contributed by atoms with Gasteiger partial charge in [-0.1, -0.05) is 0 Å². The van der Waals surface area contributed by atoms with Crippen LogP contribution in [-0.4, -0.2) is 52.0 Å². The number of hydrogen-bond donors (Lipinski definition) is 1. The van der Waals surface area contributed by atoms with E-state index in [2.05, 4.69) is 31.1 Å². The zero-order valence-electron chi connectivity index (χ0n) is 14.2. The average molecular weight is 450 g/mol. The number of nitrogens with zero attached hydrogens (tertiary/aromatic N) is 4. The number of amides is 1. The lowest BCUT2D eigenvalue weighted by Crippen LogP contribution is -2.52. The molecule has 0 bridgehead atoms. The van der Waals surface area contributed by atoms with Gasteiger partial charge in [-0.25, -0.2) is 0 Å². The Kier molecular flexibility index (Phi) is 5.97. The average Bonchev–Trinajstić information content (AvgIpc) is 2.68. The summed E-state index contributed by atoms with van der Waals surface area (Å²) in [4.78, 5) is 30.6. The zero-order chi connectivity index (χ0) is 19.4. The molecule has 0 atom stereocenters. The van der Waals surface area contributed by atoms with Crippen molar-refractivity contribution in [3.05, 3.63) is 62.9 Å². The first kappa shape index (κ1) is 19.2. The maximum absolute atomic E-state index is 12.3. The van der Waals surface area contributed by atoms with Crippen LogP contribution in [0.15, 0.2) is 47.2 Å². The summed E-state index contributed by atoms with van der Waals surface area (Å²) in [6.07, 6.45) is 3.09. The highest BCUT2D eigenvalue weighted by Crippen LogP contribution is 2.20. The predicted octanol–water partition coefficient (Wildman–Crippen LogP) is 2.59. The highest BCUT2D eigenvalue weighted by molar-refractivity contribution is 9.10. The molecule has 3 rings (SSSR count). The van der Waals surface area contributed by atoms with Crippen LogP contribution in [0.2, 0.25) is 0 Å². The summed E-state index contributed by atoms with van der Waals surface area (Å²) in [5, 5.41) is 13.9. The van der Waals surface area contributed by atoms with Gasteiger partial charge in [0.25, 0.3) is 11.6 Å². The van der Waals surface area contributed by atoms with Gasteiger partial charge < -0.3 is 9.80 Å². The molecule has 0 radical (unpaired) electrons. The number of non-ortho nitro benzene ring substituents is 1. The molecule has 1 aromatic carbocycles. The molecule has 1 aromatic heterocycles. The van der Waals surface area contributed by atoms with E-state index in [0.29, 0.717) is 36.9 Å². The molecule has 2 aromatic rings. The molecule has 0 spiro atoms. The van der Waals surface area contributed by atoms with Gasteiger partial charge in [-0.15, -0.1) is 0 Å². The van der Waals surface area contributed by atoms with Crippen molar-refractivity contribution >= 4 is 50.5 Å². The van der Waals surface area contributed by atoms with Gasteiger partial charge in [-0.2, -0.15) is 0 Å². The fraction of sp³-hybridized carbons (Fsp3) is 0.235. The van der Waals surface area contributed by atoms with Crippen LogP contribution in [0.4, 0.5) is 11.4 Å². The molecule has 27 heavy (non-hydrogen) atoms. The van der Waals surface area contributed by atoms with E-state index in [4.69, 9.17) is 12.2 Å². The molecule has 140 valence electrons. The number of nitro benzene ring substituents is 1. The van der Waals surface area contributed by atoms with Crippen LogP contribution >= 0.6 is 28.1 Å². The minimum absolute atomic E-state index is 0.0725. The first-order valence-corrected chi connectivity index (χ1v) is 9.34. The number of nitro groups is 1. The van der Waals surface area contributed by atoms with E-state index >= 15 is 0 Å². The van der Waals surface area contributed by atoms with Crippen LogP contribution in [0.5, 0.6) is 0 Å². The van der Waals surface area contributed by atoms with Gasteiger partial charge in [-0.05, 0) is 46.3 Å². The van der Waals surface area contributed by atoms with Crippen LogP contribution in [0, 0.1) is 10.1 Å². The van der Waals surface area contributed by atoms with Crippen molar-refractivity contribution in [3.8, 4) is 0 Å². The van der Waals surface area contributed by atoms with Crippen molar-refractivity contribution in [1.29, 1.82) is 0 Å². The van der Waals surface area contributed by atoms with Crippen molar-refractivity contribution in [2.45, 2.75) is 0 Å². The lowest BCUT2D eigenvalue weighted by atomic mass is 10.2. The van der Waals surface area contributed by atoms with Gasteiger partial charge in [-0.3, -0.25) is 25.2 Å². The van der Waals surface area contributed by atoms with E-state index in [0.717, 1.165) is 10.2 Å². The van der Waals surface area contributed by atoms with Crippen LogP contribution in [0.3, 0.4) is 0 Å². The molecule has 1 fully saturated rings. The third kappa shape index (κ3) is 4.77. The van der Waals surface area contributed by atoms with E-state index in [9.17, 15) is 14.9 Å². The minimum atomic E-state index is -0.413. The minimum Gasteiger partial charge on any atom is -0.368 e. The maximum atomic E-state index is 12.3. The number of piperazine rings is 1. The molecule has 0 unspecified atom stereocenters. The Morgan fingerprint density at radius 3 is 2.44 bits per heavy atom. The first-order valence-electron chi connectivity index (χ1n) is 8.14. The van der Waals surface area contributed by atoms with Crippen molar-refractivity contribution in [2.24, 2.45) is 0 Å². The predicted molar refractivity (Wildman–Crippen MR) is 109 cm³/mol. The Balaban J connectivity index is 1.54. The van der Waals surface area contributed by atoms with Crippen molar-refractivity contribution in [3.63, 3.8) is 0 Å². The lowest BCUT2D eigenvalue weighted by molar-refractivity contribution is -0.384. The second-order valence-corrected chi connectivity index (χ2v) is 7.20. The smallest absolute Gasteiger partial charge is 0.269 e. The Morgan fingerprint density at radius 1 is 1.19 bits per heavy atom. The maximum Gasteiger partial charge on any atom is 0.269 e. The molecular weight excluding hydrogens is 434 g/mol. The molecule has 1 saturated heterocycles. The molecular formula is C17H16BrN5O3S. The van der Waals surface area contributed by atoms with Crippen molar-refractivity contribution in [1.82, 2.24) is 15.2 Å². The molecule has 2 heterocycles. The number of nitrogens with one attached hydrogen (secondary N) is 1. The first-order chi connectivity index (χ1) is 12.9. The molecule has 1 aliphatic heterocycles. The SMILES string of the molecule is O=C(NC(=S)N1CCN(c2ccc([N+](=O)[O-])cc2)CC1)c1cncc(Br)c1. The van der Waals surface area contributed by atoms with E-state index in [1.54, 1.807) is 24.4 Å². The van der Waals surface area contributed by atoms with E-state index in [1.165, 1.54) is 18.3 Å². The number of halogens is 1. The van der Waals surface area contributed by atoms with Crippen LogP contribution in [0.1, 0.15) is 10.4 Å². The van der Waals surface area contributed by atoms with Gasteiger partial charge in [0.2, 0.25) is 0 Å². The molecule has 8 nitrogen and oxygen atoms in total. The summed E-state index contributed by atoms with van der Waals surface area (Å²) < 4.78 is 0.720. The topological polar surface area (TPSA) is 91.6 Å². The van der Waals surface area contributed by atoms with E-state index < -0.39 is 4.92 Å². The largest absolute Gasteiger partial charge is 0.368 e. The molecule has 1 amide bonds. The zero-order valence-corrected chi connectivity index (χ0v) is 16.6. The van der Waals surface area contributed by atoms with Crippen LogP contribution in [0.25, 0.3) is 0 Å². The number of pyridine rings is 1. The number of carbonyl (C=O) groups excluding carboxylic acids is 1. The highest BCUT2D eigenvalue weighted by atomic mass is 79.9. The van der Waals surface area contributed by atoms with Crippen LogP contribution in [-0.2, 0) is 0 Å². The molecule has 1 N–H and O–H groups in total. The normalized spacial score (nSPS) is 14.0. The second-order valence-electron chi connectivity index (χ2n) is 5.90. The molecule has 10 heteroatoms. The number of carbonyl (C=O) groups is 1. The summed E-state index contributed by atoms with van der Waals surface area (Å²) in [7, 11) is 0. The second kappa shape index (κ2) is 8.40. The van der Waals surface area contributed by atoms with Gasteiger partial charge >= 0.3 is 0 Å². The van der Waals surface area contributed by atoms with Gasteiger partial charge in [0, 0.05) is 60.9 Å². The molecule has 0 saturated carbocycles. The molecule has 1 aliphatic rings. The molecule has 0 aliphatic carbocycles. The van der Waals surface area contributed by atoms with Gasteiger partial charge in [0.1, 0.15) is 0 Å². The van der Waals surface area contributed by atoms with Gasteiger partial charge in [0.05, 0.1) is 10.5 Å². The number of benzene rings is 1. The fourth-order valence-electron chi connectivity index (χ4n) is 2.74. The standard InChI is InChI=1S/C17H16BrN5O3S/c18-13-9-12(10-19-11-13)16(24)20-17(27)22-7-5-21(6-8-22)14-1-3-15(4-2-14)23(25)26/h1-4,9-11H,5-8H2,(H,20,24,27). The summed E-state index contributed by atoms with van der Waals surface area (Å²) >= 11 is 8.64. The van der Waals surface area contributed by atoms with Crippen molar-refractivity contribution < 1.29 is 9.72 Å². The highest BCUT2D eigenvalue weighted by Gasteiger charge is 2.21. The summed E-state index contributed by atoms with van der Waals surface area (Å²) in [5.41, 5.74) is 1.43. The summed E-state index contributed by atoms with van der Waals surface area (Å²) in [5.74, 6) is -0.299. The van der Waals surface area contributed by atoms with Crippen LogP contribution < -0.4 is 10.2 Å². The number of anilines is 1.